The molecule has 2 aromatic rings. The number of hydrogen-bond donors (Lipinski definition) is 2. The number of nitrogens with one attached hydrogen (secondary N) is 1. The predicted molar refractivity (Wildman–Crippen MR) is 82.6 cm³/mol. The number of aromatic nitrogens is 1. The normalized spacial score (nSPS) is 22.3. The highest BCUT2D eigenvalue weighted by Gasteiger charge is 2.33. The van der Waals surface area contributed by atoms with Crippen LogP contribution in [-0.2, 0) is 10.9 Å². The van der Waals surface area contributed by atoms with Gasteiger partial charge in [0, 0.05) is 22.1 Å². The van der Waals surface area contributed by atoms with Gasteiger partial charge in [-0.05, 0) is 30.7 Å². The fourth-order valence-corrected chi connectivity index (χ4v) is 2.82. The smallest absolute Gasteiger partial charge is 0.379 e. The van der Waals surface area contributed by atoms with Crippen molar-refractivity contribution in [3.8, 4) is 0 Å². The number of anilines is 1. The summed E-state index contributed by atoms with van der Waals surface area (Å²) in [6, 6.07) is 5.28. The van der Waals surface area contributed by atoms with Crippen molar-refractivity contribution in [1.29, 1.82) is 0 Å². The number of nitrogens with zero attached hydrogens (tertiary/aromatic N) is 1. The van der Waals surface area contributed by atoms with Crippen LogP contribution in [0.3, 0.4) is 0 Å². The number of halogens is 4. The molecule has 23 heavy (non-hydrogen) atoms. The Labute approximate surface area is 135 Å². The van der Waals surface area contributed by atoms with Gasteiger partial charge in [0.05, 0.1) is 24.8 Å². The Balaban J connectivity index is 2.03. The van der Waals surface area contributed by atoms with Gasteiger partial charge < -0.3 is 15.8 Å². The molecule has 0 unspecified atom stereocenters. The van der Waals surface area contributed by atoms with Crippen LogP contribution in [0.5, 0.6) is 0 Å². The Bertz CT molecular complexity index is 723. The van der Waals surface area contributed by atoms with Gasteiger partial charge in [-0.3, -0.25) is 0 Å². The first-order valence-electron chi connectivity index (χ1n) is 7.10. The minimum absolute atomic E-state index is 0.139. The largest absolute Gasteiger partial charge is 0.433 e. The van der Waals surface area contributed by atoms with Crippen molar-refractivity contribution in [3.63, 3.8) is 0 Å². The van der Waals surface area contributed by atoms with E-state index < -0.39 is 11.9 Å². The molecule has 0 amide bonds. The molecule has 0 saturated carbocycles. The molecule has 1 aromatic heterocycles. The summed E-state index contributed by atoms with van der Waals surface area (Å²) >= 11 is 5.96. The van der Waals surface area contributed by atoms with Gasteiger partial charge in [0.1, 0.15) is 5.69 Å². The summed E-state index contributed by atoms with van der Waals surface area (Å²) in [6.07, 6.45) is -3.91. The Kier molecular flexibility index (Phi) is 4.35. The first kappa shape index (κ1) is 16.3. The SMILES string of the molecule is N[C@H]1COC[C@@H](Nc2cc(C(F)(F)F)nc3ccc(Cl)cc23)C1. The van der Waals surface area contributed by atoms with Crippen LogP contribution < -0.4 is 11.1 Å². The van der Waals surface area contributed by atoms with E-state index in [1.54, 1.807) is 6.07 Å². The van der Waals surface area contributed by atoms with E-state index in [4.69, 9.17) is 22.1 Å². The standard InChI is InChI=1S/C15H15ClF3N3O/c16-8-1-2-12-11(3-8)13(5-14(22-12)15(17,18)19)21-10-4-9(20)6-23-7-10/h1-3,5,9-10H,4,6-7,20H2,(H,21,22)/t9-,10+/m1/s1. The van der Waals surface area contributed by atoms with Crippen LogP contribution in [-0.4, -0.2) is 30.3 Å². The zero-order chi connectivity index (χ0) is 16.6. The van der Waals surface area contributed by atoms with Gasteiger partial charge >= 0.3 is 6.18 Å². The third kappa shape index (κ3) is 3.68. The number of nitrogens with two attached hydrogens (primary N) is 1. The molecule has 2 heterocycles. The second-order valence-corrected chi connectivity index (χ2v) is 6.03. The molecule has 1 fully saturated rings. The Morgan fingerprint density at radius 2 is 2.04 bits per heavy atom. The maximum absolute atomic E-state index is 13.1. The van der Waals surface area contributed by atoms with Crippen molar-refractivity contribution in [1.82, 2.24) is 4.98 Å². The monoisotopic (exact) mass is 345 g/mol. The molecule has 8 heteroatoms. The van der Waals surface area contributed by atoms with Gasteiger partial charge in [-0.15, -0.1) is 0 Å². The van der Waals surface area contributed by atoms with Crippen molar-refractivity contribution in [3.05, 3.63) is 35.0 Å². The average molecular weight is 346 g/mol. The third-order valence-corrected chi connectivity index (χ3v) is 3.89. The van der Waals surface area contributed by atoms with Gasteiger partial charge in [0.25, 0.3) is 0 Å². The second-order valence-electron chi connectivity index (χ2n) is 5.59. The summed E-state index contributed by atoms with van der Waals surface area (Å²) in [5.41, 5.74) is 5.44. The number of benzene rings is 1. The first-order valence-corrected chi connectivity index (χ1v) is 7.48. The molecule has 4 nitrogen and oxygen atoms in total. The maximum Gasteiger partial charge on any atom is 0.433 e. The number of rotatable bonds is 2. The highest BCUT2D eigenvalue weighted by molar-refractivity contribution is 6.31. The van der Waals surface area contributed by atoms with E-state index in [-0.39, 0.29) is 17.6 Å². The lowest BCUT2D eigenvalue weighted by Gasteiger charge is -2.29. The number of pyridine rings is 1. The van der Waals surface area contributed by atoms with Crippen LogP contribution in [0.15, 0.2) is 24.3 Å². The van der Waals surface area contributed by atoms with E-state index >= 15 is 0 Å². The molecule has 1 saturated heterocycles. The van der Waals surface area contributed by atoms with Crippen molar-refractivity contribution in [2.75, 3.05) is 18.5 Å². The molecule has 1 aromatic carbocycles. The number of fused-ring (bicyclic) bond motifs is 1. The molecule has 1 aliphatic rings. The van der Waals surface area contributed by atoms with Crippen molar-refractivity contribution >= 4 is 28.2 Å². The summed E-state index contributed by atoms with van der Waals surface area (Å²) in [7, 11) is 0. The van der Waals surface area contributed by atoms with Crippen molar-refractivity contribution in [2.45, 2.75) is 24.7 Å². The molecule has 3 N–H and O–H groups in total. The number of ether oxygens (including phenoxy) is 1. The lowest BCUT2D eigenvalue weighted by molar-refractivity contribution is -0.140. The van der Waals surface area contributed by atoms with Gasteiger partial charge in [-0.2, -0.15) is 13.2 Å². The predicted octanol–water partition coefficient (Wildman–Crippen LogP) is 3.44. The Hall–Kier alpha value is -1.57. The summed E-state index contributed by atoms with van der Waals surface area (Å²) in [5.74, 6) is 0. The third-order valence-electron chi connectivity index (χ3n) is 3.66. The van der Waals surface area contributed by atoms with E-state index in [0.717, 1.165) is 6.07 Å². The summed E-state index contributed by atoms with van der Waals surface area (Å²) < 4.78 is 44.5. The highest BCUT2D eigenvalue weighted by atomic mass is 35.5. The molecule has 2 atom stereocenters. The number of hydrogen-bond acceptors (Lipinski definition) is 4. The van der Waals surface area contributed by atoms with E-state index in [1.807, 2.05) is 0 Å². The average Bonchev–Trinajstić information content (AvgIpc) is 2.46. The molecular formula is C15H15ClF3N3O. The lowest BCUT2D eigenvalue weighted by atomic mass is 10.1. The minimum atomic E-state index is -4.52. The minimum Gasteiger partial charge on any atom is -0.379 e. The van der Waals surface area contributed by atoms with Gasteiger partial charge in [0.2, 0.25) is 0 Å². The Morgan fingerprint density at radius 1 is 1.26 bits per heavy atom. The molecule has 0 bridgehead atoms. The van der Waals surface area contributed by atoms with Gasteiger partial charge in [-0.1, -0.05) is 11.6 Å². The topological polar surface area (TPSA) is 60.2 Å². The lowest BCUT2D eigenvalue weighted by Crippen LogP contribution is -2.42. The molecule has 3 rings (SSSR count). The van der Waals surface area contributed by atoms with Crippen LogP contribution in [0.25, 0.3) is 10.9 Å². The molecule has 0 aliphatic carbocycles. The van der Waals surface area contributed by atoms with Crippen LogP contribution in [0.4, 0.5) is 18.9 Å². The quantitative estimate of drug-likeness (QED) is 0.875. The zero-order valence-electron chi connectivity index (χ0n) is 12.0. The summed E-state index contributed by atoms with van der Waals surface area (Å²) in [4.78, 5) is 3.68. The molecule has 0 radical (unpaired) electrons. The van der Waals surface area contributed by atoms with Crippen LogP contribution in [0.1, 0.15) is 12.1 Å². The van der Waals surface area contributed by atoms with Gasteiger partial charge in [-0.25, -0.2) is 4.98 Å². The fraction of sp³-hybridized carbons (Fsp3) is 0.400. The van der Waals surface area contributed by atoms with Crippen molar-refractivity contribution < 1.29 is 17.9 Å². The fourth-order valence-electron chi connectivity index (χ4n) is 2.65. The van der Waals surface area contributed by atoms with E-state index in [1.165, 1.54) is 12.1 Å². The van der Waals surface area contributed by atoms with Crippen LogP contribution >= 0.6 is 11.6 Å². The first-order chi connectivity index (χ1) is 10.8. The number of alkyl halides is 3. The maximum atomic E-state index is 13.1. The molecule has 124 valence electrons. The van der Waals surface area contributed by atoms with Crippen LogP contribution in [0, 0.1) is 0 Å². The zero-order valence-corrected chi connectivity index (χ0v) is 12.8. The van der Waals surface area contributed by atoms with E-state index in [2.05, 4.69) is 10.3 Å². The molecule has 0 spiro atoms. The van der Waals surface area contributed by atoms with Gasteiger partial charge in [0.15, 0.2) is 0 Å². The summed E-state index contributed by atoms with van der Waals surface area (Å²) in [5, 5.41) is 4.05. The summed E-state index contributed by atoms with van der Waals surface area (Å²) in [6.45, 7) is 0.842. The molecule has 1 aliphatic heterocycles. The second kappa shape index (κ2) is 6.14. The Morgan fingerprint density at radius 3 is 2.74 bits per heavy atom. The van der Waals surface area contributed by atoms with E-state index in [0.29, 0.717) is 35.7 Å². The highest BCUT2D eigenvalue weighted by Crippen LogP contribution is 2.34. The van der Waals surface area contributed by atoms with E-state index in [9.17, 15) is 13.2 Å². The molecular weight excluding hydrogens is 331 g/mol. The van der Waals surface area contributed by atoms with Crippen LogP contribution in [0.2, 0.25) is 5.02 Å². The van der Waals surface area contributed by atoms with Crippen molar-refractivity contribution in [2.24, 2.45) is 5.73 Å².